The molecule has 0 saturated carbocycles. The van der Waals surface area contributed by atoms with Crippen molar-refractivity contribution in [2.45, 2.75) is 32.6 Å². The standard InChI is InChI=1S/C22H34N4O3/c1-2-23-22(24-11-5-13-29-17-18-9-14-28-15-10-18)25-16-21(27)26-12-8-19-6-3-4-7-20(19)26/h3-4,6-7,18H,2,5,8-17H2,1H3,(H2,23,24,25). The summed E-state index contributed by atoms with van der Waals surface area (Å²) in [7, 11) is 0. The van der Waals surface area contributed by atoms with E-state index in [2.05, 4.69) is 21.7 Å². The summed E-state index contributed by atoms with van der Waals surface area (Å²) in [5.41, 5.74) is 2.25. The summed E-state index contributed by atoms with van der Waals surface area (Å²) in [6.45, 7) is 7.70. The van der Waals surface area contributed by atoms with E-state index in [1.807, 2.05) is 30.0 Å². The molecule has 7 nitrogen and oxygen atoms in total. The fourth-order valence-electron chi connectivity index (χ4n) is 3.72. The van der Waals surface area contributed by atoms with Crippen molar-refractivity contribution < 1.29 is 14.3 Å². The second-order valence-corrected chi connectivity index (χ2v) is 7.53. The zero-order chi connectivity index (χ0) is 20.3. The first kappa shape index (κ1) is 21.6. The summed E-state index contributed by atoms with van der Waals surface area (Å²) in [6.07, 6.45) is 4.02. The van der Waals surface area contributed by atoms with E-state index in [0.717, 1.165) is 77.4 Å². The van der Waals surface area contributed by atoms with Crippen LogP contribution in [0.4, 0.5) is 5.69 Å². The molecule has 0 radical (unpaired) electrons. The van der Waals surface area contributed by atoms with E-state index in [0.29, 0.717) is 11.9 Å². The van der Waals surface area contributed by atoms with Crippen molar-refractivity contribution in [3.05, 3.63) is 29.8 Å². The smallest absolute Gasteiger partial charge is 0.248 e. The van der Waals surface area contributed by atoms with Crippen molar-refractivity contribution in [3.8, 4) is 0 Å². The first-order chi connectivity index (χ1) is 14.3. The van der Waals surface area contributed by atoms with Crippen molar-refractivity contribution >= 4 is 17.6 Å². The molecule has 29 heavy (non-hydrogen) atoms. The van der Waals surface area contributed by atoms with E-state index in [4.69, 9.17) is 9.47 Å². The van der Waals surface area contributed by atoms with Crippen LogP contribution in [0.3, 0.4) is 0 Å². The third kappa shape index (κ3) is 6.72. The third-order valence-electron chi connectivity index (χ3n) is 5.36. The van der Waals surface area contributed by atoms with Crippen LogP contribution in [0.1, 0.15) is 31.7 Å². The van der Waals surface area contributed by atoms with Gasteiger partial charge in [0.05, 0.1) is 0 Å². The largest absolute Gasteiger partial charge is 0.381 e. The molecule has 2 N–H and O–H groups in total. The highest BCUT2D eigenvalue weighted by Gasteiger charge is 2.23. The van der Waals surface area contributed by atoms with Crippen LogP contribution in [-0.4, -0.2) is 64.5 Å². The molecule has 1 aromatic carbocycles. The number of nitrogens with one attached hydrogen (secondary N) is 2. The van der Waals surface area contributed by atoms with Crippen molar-refractivity contribution in [2.75, 3.05) is 57.5 Å². The Morgan fingerprint density at radius 3 is 2.93 bits per heavy atom. The first-order valence-corrected chi connectivity index (χ1v) is 10.8. The molecule has 1 amide bonds. The van der Waals surface area contributed by atoms with E-state index in [9.17, 15) is 4.79 Å². The number of para-hydroxylation sites is 1. The van der Waals surface area contributed by atoms with Crippen LogP contribution in [0.15, 0.2) is 29.3 Å². The van der Waals surface area contributed by atoms with Gasteiger partial charge in [-0.15, -0.1) is 0 Å². The maximum absolute atomic E-state index is 12.6. The molecule has 0 aromatic heterocycles. The molecule has 160 valence electrons. The van der Waals surface area contributed by atoms with Crippen LogP contribution in [0.5, 0.6) is 0 Å². The number of hydrogen-bond acceptors (Lipinski definition) is 4. The Bertz CT molecular complexity index is 674. The summed E-state index contributed by atoms with van der Waals surface area (Å²) in [5, 5.41) is 6.50. The minimum atomic E-state index is 0.0342. The predicted molar refractivity (Wildman–Crippen MR) is 115 cm³/mol. The van der Waals surface area contributed by atoms with Gasteiger partial charge in [-0.1, -0.05) is 18.2 Å². The van der Waals surface area contributed by atoms with Crippen LogP contribution in [0.2, 0.25) is 0 Å². The van der Waals surface area contributed by atoms with Gasteiger partial charge in [0.2, 0.25) is 5.91 Å². The average Bonchev–Trinajstić information content (AvgIpc) is 3.19. The van der Waals surface area contributed by atoms with E-state index >= 15 is 0 Å². The second-order valence-electron chi connectivity index (χ2n) is 7.53. The summed E-state index contributed by atoms with van der Waals surface area (Å²) >= 11 is 0. The summed E-state index contributed by atoms with van der Waals surface area (Å²) in [5.74, 6) is 1.35. The fraction of sp³-hybridized carbons (Fsp3) is 0.636. The molecule has 0 aliphatic carbocycles. The molecule has 1 fully saturated rings. The highest BCUT2D eigenvalue weighted by atomic mass is 16.5. The van der Waals surface area contributed by atoms with Gasteiger partial charge in [0.1, 0.15) is 6.54 Å². The van der Waals surface area contributed by atoms with Gasteiger partial charge < -0.3 is 25.0 Å². The molecular formula is C22H34N4O3. The lowest BCUT2D eigenvalue weighted by molar-refractivity contribution is -0.117. The van der Waals surface area contributed by atoms with Gasteiger partial charge in [-0.05, 0) is 50.2 Å². The van der Waals surface area contributed by atoms with Gasteiger partial charge >= 0.3 is 0 Å². The Kier molecular flexibility index (Phi) is 8.77. The van der Waals surface area contributed by atoms with E-state index < -0.39 is 0 Å². The average molecular weight is 403 g/mol. The molecule has 2 heterocycles. The van der Waals surface area contributed by atoms with Crippen LogP contribution in [0, 0.1) is 5.92 Å². The van der Waals surface area contributed by atoms with E-state index in [1.165, 1.54) is 5.56 Å². The van der Waals surface area contributed by atoms with Crippen molar-refractivity contribution in [1.82, 2.24) is 10.6 Å². The quantitative estimate of drug-likeness (QED) is 0.375. The number of carbonyl (C=O) groups excluding carboxylic acids is 1. The van der Waals surface area contributed by atoms with Crippen molar-refractivity contribution in [3.63, 3.8) is 0 Å². The van der Waals surface area contributed by atoms with Gasteiger partial charge in [-0.25, -0.2) is 4.99 Å². The lowest BCUT2D eigenvalue weighted by atomic mass is 10.0. The minimum Gasteiger partial charge on any atom is -0.381 e. The normalized spacial score (nSPS) is 17.3. The molecule has 0 bridgehead atoms. The maximum Gasteiger partial charge on any atom is 0.248 e. The number of ether oxygens (including phenoxy) is 2. The molecular weight excluding hydrogens is 368 g/mol. The molecule has 2 aliphatic heterocycles. The van der Waals surface area contributed by atoms with E-state index in [1.54, 1.807) is 0 Å². The van der Waals surface area contributed by atoms with Gasteiger partial charge in [0.25, 0.3) is 0 Å². The number of nitrogens with zero attached hydrogens (tertiary/aromatic N) is 2. The van der Waals surface area contributed by atoms with Gasteiger partial charge in [-0.3, -0.25) is 4.79 Å². The minimum absolute atomic E-state index is 0.0342. The van der Waals surface area contributed by atoms with Crippen LogP contribution < -0.4 is 15.5 Å². The Morgan fingerprint density at radius 1 is 1.28 bits per heavy atom. The summed E-state index contributed by atoms with van der Waals surface area (Å²) in [6, 6.07) is 8.09. The number of rotatable bonds is 9. The number of amides is 1. The topological polar surface area (TPSA) is 75.2 Å². The molecule has 1 saturated heterocycles. The molecule has 2 aliphatic rings. The van der Waals surface area contributed by atoms with Gasteiger partial charge in [-0.2, -0.15) is 0 Å². The Morgan fingerprint density at radius 2 is 2.10 bits per heavy atom. The highest BCUT2D eigenvalue weighted by Crippen LogP contribution is 2.27. The van der Waals surface area contributed by atoms with Crippen molar-refractivity contribution in [2.24, 2.45) is 10.9 Å². The number of carbonyl (C=O) groups is 1. The molecule has 0 spiro atoms. The Balaban J connectivity index is 1.36. The molecule has 3 rings (SSSR count). The molecule has 0 atom stereocenters. The van der Waals surface area contributed by atoms with Crippen LogP contribution in [-0.2, 0) is 20.7 Å². The van der Waals surface area contributed by atoms with Crippen LogP contribution in [0.25, 0.3) is 0 Å². The number of anilines is 1. The lowest BCUT2D eigenvalue weighted by Crippen LogP contribution is -2.39. The van der Waals surface area contributed by atoms with Crippen molar-refractivity contribution in [1.29, 1.82) is 0 Å². The van der Waals surface area contributed by atoms with Gasteiger partial charge in [0, 0.05) is 51.7 Å². The number of aliphatic imine (C=N–C) groups is 1. The monoisotopic (exact) mass is 402 g/mol. The van der Waals surface area contributed by atoms with Crippen LogP contribution >= 0.6 is 0 Å². The van der Waals surface area contributed by atoms with E-state index in [-0.39, 0.29) is 12.5 Å². The zero-order valence-electron chi connectivity index (χ0n) is 17.5. The summed E-state index contributed by atoms with van der Waals surface area (Å²) < 4.78 is 11.2. The lowest BCUT2D eigenvalue weighted by Gasteiger charge is -2.21. The second kappa shape index (κ2) is 11.8. The maximum atomic E-state index is 12.6. The molecule has 1 aromatic rings. The number of hydrogen-bond donors (Lipinski definition) is 2. The first-order valence-electron chi connectivity index (χ1n) is 10.8. The SMILES string of the molecule is CCNC(=NCC(=O)N1CCc2ccccc21)NCCCOCC1CCOCC1. The fourth-order valence-corrected chi connectivity index (χ4v) is 3.72. The predicted octanol–water partition coefficient (Wildman–Crippen LogP) is 1.96. The number of benzene rings is 1. The number of guanidine groups is 1. The third-order valence-corrected chi connectivity index (χ3v) is 5.36. The zero-order valence-corrected chi connectivity index (χ0v) is 17.5. The molecule has 0 unspecified atom stereocenters. The Hall–Kier alpha value is -2.12. The Labute approximate surface area is 173 Å². The summed E-state index contributed by atoms with van der Waals surface area (Å²) in [4.78, 5) is 18.9. The molecule has 7 heteroatoms. The highest BCUT2D eigenvalue weighted by molar-refractivity contribution is 5.98. The number of fused-ring (bicyclic) bond motifs is 1. The van der Waals surface area contributed by atoms with Gasteiger partial charge in [0.15, 0.2) is 5.96 Å².